The van der Waals surface area contributed by atoms with Crippen molar-refractivity contribution in [3.63, 3.8) is 0 Å². The monoisotopic (exact) mass is 295 g/mol. The summed E-state index contributed by atoms with van der Waals surface area (Å²) in [4.78, 5) is 0. The SMILES string of the molecule is CCCn1nnc(C(Cl)(Cl)Cl)c1C(F)(F)F. The second kappa shape index (κ2) is 4.58. The molecule has 0 aromatic carbocycles. The maximum atomic E-state index is 12.7. The fraction of sp³-hybridized carbons (Fsp3) is 0.714. The average molecular weight is 297 g/mol. The molecule has 0 amide bonds. The fourth-order valence-electron chi connectivity index (χ4n) is 1.15. The van der Waals surface area contributed by atoms with Crippen LogP contribution in [-0.2, 0) is 16.5 Å². The number of hydrogen-bond donors (Lipinski definition) is 0. The van der Waals surface area contributed by atoms with E-state index < -0.39 is 21.4 Å². The Morgan fingerprint density at radius 3 is 2.19 bits per heavy atom. The van der Waals surface area contributed by atoms with E-state index >= 15 is 0 Å². The van der Waals surface area contributed by atoms with Gasteiger partial charge in [0.25, 0.3) is 0 Å². The first kappa shape index (κ1) is 13.9. The molecule has 0 saturated carbocycles. The van der Waals surface area contributed by atoms with Gasteiger partial charge in [-0.25, -0.2) is 4.68 Å². The molecule has 0 bridgehead atoms. The minimum absolute atomic E-state index is 0.0581. The van der Waals surface area contributed by atoms with E-state index in [9.17, 15) is 13.2 Å². The van der Waals surface area contributed by atoms with Crippen molar-refractivity contribution in [2.24, 2.45) is 0 Å². The Morgan fingerprint density at radius 2 is 1.81 bits per heavy atom. The van der Waals surface area contributed by atoms with Crippen LogP contribution in [0.2, 0.25) is 0 Å². The lowest BCUT2D eigenvalue weighted by Crippen LogP contribution is -2.19. The normalized spacial score (nSPS) is 13.2. The number of aromatic nitrogens is 3. The lowest BCUT2D eigenvalue weighted by Gasteiger charge is -2.13. The highest BCUT2D eigenvalue weighted by Gasteiger charge is 2.45. The number of halogens is 6. The summed E-state index contributed by atoms with van der Waals surface area (Å²) in [6.07, 6.45) is -4.19. The molecule has 0 aliphatic heterocycles. The van der Waals surface area contributed by atoms with Crippen LogP contribution in [0.5, 0.6) is 0 Å². The topological polar surface area (TPSA) is 30.7 Å². The van der Waals surface area contributed by atoms with Crippen molar-refractivity contribution < 1.29 is 13.2 Å². The Morgan fingerprint density at radius 1 is 1.25 bits per heavy atom. The number of rotatable bonds is 2. The highest BCUT2D eigenvalue weighted by molar-refractivity contribution is 6.66. The molecule has 0 atom stereocenters. The molecule has 1 rings (SSSR count). The van der Waals surface area contributed by atoms with Crippen LogP contribution in [-0.4, -0.2) is 15.0 Å². The summed E-state index contributed by atoms with van der Waals surface area (Å²) >= 11 is 16.2. The number of alkyl halides is 6. The van der Waals surface area contributed by atoms with Crippen LogP contribution in [0.4, 0.5) is 13.2 Å². The van der Waals surface area contributed by atoms with Gasteiger partial charge in [0.05, 0.1) is 0 Å². The van der Waals surface area contributed by atoms with Gasteiger partial charge in [0.2, 0.25) is 3.79 Å². The van der Waals surface area contributed by atoms with Crippen LogP contribution in [0.1, 0.15) is 24.7 Å². The Hall–Kier alpha value is -0.200. The molecule has 0 spiro atoms. The second-order valence-electron chi connectivity index (χ2n) is 3.01. The Kier molecular flexibility index (Phi) is 3.97. The number of nitrogens with zero attached hydrogens (tertiary/aromatic N) is 3. The van der Waals surface area contributed by atoms with Crippen molar-refractivity contribution >= 4 is 34.8 Å². The van der Waals surface area contributed by atoms with Crippen molar-refractivity contribution in [1.29, 1.82) is 0 Å². The number of hydrogen-bond acceptors (Lipinski definition) is 2. The van der Waals surface area contributed by atoms with Crippen molar-refractivity contribution in [1.82, 2.24) is 15.0 Å². The third kappa shape index (κ3) is 2.93. The molecule has 92 valence electrons. The van der Waals surface area contributed by atoms with E-state index in [2.05, 4.69) is 10.3 Å². The minimum Gasteiger partial charge on any atom is -0.240 e. The molecule has 0 aliphatic carbocycles. The number of aryl methyl sites for hydroxylation is 1. The molecule has 16 heavy (non-hydrogen) atoms. The van der Waals surface area contributed by atoms with E-state index in [1.54, 1.807) is 6.92 Å². The van der Waals surface area contributed by atoms with E-state index in [0.29, 0.717) is 11.1 Å². The largest absolute Gasteiger partial charge is 0.435 e. The third-order valence-corrected chi connectivity index (χ3v) is 2.24. The zero-order valence-electron chi connectivity index (χ0n) is 8.02. The van der Waals surface area contributed by atoms with Crippen molar-refractivity contribution in [3.8, 4) is 0 Å². The van der Waals surface area contributed by atoms with Crippen LogP contribution < -0.4 is 0 Å². The molecule has 0 fully saturated rings. The van der Waals surface area contributed by atoms with Gasteiger partial charge in [-0.15, -0.1) is 5.10 Å². The molecule has 0 unspecified atom stereocenters. The summed E-state index contributed by atoms with van der Waals surface area (Å²) in [6.45, 7) is 1.76. The van der Waals surface area contributed by atoms with E-state index in [-0.39, 0.29) is 6.54 Å². The average Bonchev–Trinajstić information content (AvgIpc) is 2.46. The Labute approximate surface area is 104 Å². The van der Waals surface area contributed by atoms with Crippen LogP contribution in [0, 0.1) is 0 Å². The summed E-state index contributed by atoms with van der Waals surface area (Å²) in [5.74, 6) is 0. The van der Waals surface area contributed by atoms with Crippen molar-refractivity contribution in [2.75, 3.05) is 0 Å². The summed E-state index contributed by atoms with van der Waals surface area (Å²) in [7, 11) is 0. The molecule has 3 nitrogen and oxygen atoms in total. The van der Waals surface area contributed by atoms with Crippen LogP contribution in [0.3, 0.4) is 0 Å². The molecular formula is C7H7Cl3F3N3. The molecule has 1 heterocycles. The van der Waals surface area contributed by atoms with Gasteiger partial charge in [0.15, 0.2) is 5.69 Å². The minimum atomic E-state index is -4.65. The van der Waals surface area contributed by atoms with Gasteiger partial charge in [0.1, 0.15) is 5.69 Å². The second-order valence-corrected chi connectivity index (χ2v) is 5.29. The lowest BCUT2D eigenvalue weighted by atomic mass is 10.3. The summed E-state index contributed by atoms with van der Waals surface area (Å²) in [6, 6.07) is 0. The fourth-order valence-corrected chi connectivity index (χ4v) is 1.53. The highest BCUT2D eigenvalue weighted by atomic mass is 35.6. The molecule has 1 aromatic heterocycles. The maximum absolute atomic E-state index is 12.7. The lowest BCUT2D eigenvalue weighted by molar-refractivity contribution is -0.144. The predicted molar refractivity (Wildman–Crippen MR) is 54.6 cm³/mol. The molecule has 0 aliphatic rings. The summed E-state index contributed by atoms with van der Waals surface area (Å²) < 4.78 is 36.6. The zero-order chi connectivity index (χ0) is 12.6. The van der Waals surface area contributed by atoms with Gasteiger partial charge in [-0.1, -0.05) is 46.9 Å². The standard InChI is InChI=1S/C7H7Cl3F3N3/c1-2-3-16-5(7(11,12)13)4(14-15-16)6(8,9)10/h2-3H2,1H3. The van der Waals surface area contributed by atoms with E-state index in [0.717, 1.165) is 0 Å². The quantitative estimate of drug-likeness (QED) is 0.782. The molecule has 0 N–H and O–H groups in total. The molecule has 9 heteroatoms. The highest BCUT2D eigenvalue weighted by Crippen LogP contribution is 2.43. The van der Waals surface area contributed by atoms with Gasteiger partial charge < -0.3 is 0 Å². The van der Waals surface area contributed by atoms with E-state index in [1.165, 1.54) is 0 Å². The van der Waals surface area contributed by atoms with Crippen LogP contribution >= 0.6 is 34.8 Å². The van der Waals surface area contributed by atoms with Crippen molar-refractivity contribution in [3.05, 3.63) is 11.4 Å². The molecule has 0 saturated heterocycles. The molecule has 1 aromatic rings. The van der Waals surface area contributed by atoms with Gasteiger partial charge in [-0.2, -0.15) is 13.2 Å². The summed E-state index contributed by atoms with van der Waals surface area (Å²) in [5.41, 5.74) is -1.81. The smallest absolute Gasteiger partial charge is 0.240 e. The maximum Gasteiger partial charge on any atom is 0.435 e. The van der Waals surface area contributed by atoms with Gasteiger partial charge >= 0.3 is 6.18 Å². The first-order valence-corrected chi connectivity index (χ1v) is 5.39. The summed E-state index contributed by atoms with van der Waals surface area (Å²) in [5, 5.41) is 6.60. The van der Waals surface area contributed by atoms with Gasteiger partial charge in [-0.05, 0) is 6.42 Å². The van der Waals surface area contributed by atoms with Crippen LogP contribution in [0.15, 0.2) is 0 Å². The van der Waals surface area contributed by atoms with Gasteiger partial charge in [-0.3, -0.25) is 0 Å². The molecular weight excluding hydrogens is 289 g/mol. The zero-order valence-corrected chi connectivity index (χ0v) is 10.3. The molecule has 0 radical (unpaired) electrons. The van der Waals surface area contributed by atoms with Crippen LogP contribution in [0.25, 0.3) is 0 Å². The van der Waals surface area contributed by atoms with Gasteiger partial charge in [0, 0.05) is 6.54 Å². The van der Waals surface area contributed by atoms with Crippen molar-refractivity contribution in [2.45, 2.75) is 29.9 Å². The first-order chi connectivity index (χ1) is 7.18. The first-order valence-electron chi connectivity index (χ1n) is 4.25. The third-order valence-electron chi connectivity index (χ3n) is 1.71. The van der Waals surface area contributed by atoms with E-state index in [4.69, 9.17) is 34.8 Å². The van der Waals surface area contributed by atoms with E-state index in [1.807, 2.05) is 0 Å². The Bertz CT molecular complexity index is 369. The predicted octanol–water partition coefficient (Wildman–Crippen LogP) is 3.53. The Balaban J connectivity index is 3.31.